The maximum Gasteiger partial charge on any atom is 0.274 e. The van der Waals surface area contributed by atoms with Crippen molar-refractivity contribution in [3.63, 3.8) is 0 Å². The van der Waals surface area contributed by atoms with Gasteiger partial charge in [-0.25, -0.2) is 13.9 Å². The quantitative estimate of drug-likeness (QED) is 0.735. The predicted octanol–water partition coefficient (Wildman–Crippen LogP) is 2.55. The SMILES string of the molecule is O=C(c1cc2ncccn2n1)N1CCC(Oc2ccccc2F)CC1. The summed E-state index contributed by atoms with van der Waals surface area (Å²) in [5.74, 6) is -0.216. The first-order valence-electron chi connectivity index (χ1n) is 8.21. The molecule has 1 aromatic carbocycles. The summed E-state index contributed by atoms with van der Waals surface area (Å²) < 4.78 is 21.0. The number of carbonyl (C=O) groups excluding carboxylic acids is 1. The summed E-state index contributed by atoms with van der Waals surface area (Å²) in [4.78, 5) is 18.5. The number of halogens is 1. The molecule has 0 bridgehead atoms. The van der Waals surface area contributed by atoms with Gasteiger partial charge in [-0.3, -0.25) is 4.79 Å². The third-order valence-electron chi connectivity index (χ3n) is 4.31. The Kier molecular flexibility index (Phi) is 4.05. The number of likely N-dealkylation sites (tertiary alicyclic amines) is 1. The molecule has 6 nitrogen and oxygen atoms in total. The molecule has 4 rings (SSSR count). The first kappa shape index (κ1) is 15.6. The molecule has 1 aliphatic rings. The average Bonchev–Trinajstić information content (AvgIpc) is 3.08. The number of rotatable bonds is 3. The highest BCUT2D eigenvalue weighted by Crippen LogP contribution is 2.22. The minimum atomic E-state index is -0.363. The van der Waals surface area contributed by atoms with Crippen LogP contribution in [0.2, 0.25) is 0 Å². The van der Waals surface area contributed by atoms with Crippen LogP contribution in [-0.2, 0) is 0 Å². The molecule has 0 aliphatic carbocycles. The number of hydrogen-bond acceptors (Lipinski definition) is 4. The van der Waals surface area contributed by atoms with Crippen molar-refractivity contribution < 1.29 is 13.9 Å². The molecule has 0 atom stereocenters. The van der Waals surface area contributed by atoms with Crippen molar-refractivity contribution in [1.29, 1.82) is 0 Å². The minimum Gasteiger partial charge on any atom is -0.487 e. The van der Waals surface area contributed by atoms with E-state index in [4.69, 9.17) is 4.74 Å². The van der Waals surface area contributed by atoms with E-state index in [1.165, 1.54) is 6.07 Å². The number of amides is 1. The van der Waals surface area contributed by atoms with Crippen LogP contribution in [0.3, 0.4) is 0 Å². The van der Waals surface area contributed by atoms with Crippen LogP contribution in [0.5, 0.6) is 5.75 Å². The molecule has 0 saturated carbocycles. The minimum absolute atomic E-state index is 0.0938. The lowest BCUT2D eigenvalue weighted by Crippen LogP contribution is -2.42. The standard InChI is InChI=1S/C18H17FN4O2/c19-14-4-1-2-5-16(14)25-13-6-10-22(11-7-13)18(24)15-12-17-20-8-3-9-23(17)21-15/h1-5,8-9,12-13H,6-7,10-11H2. The van der Waals surface area contributed by atoms with E-state index in [2.05, 4.69) is 10.1 Å². The zero-order valence-corrected chi connectivity index (χ0v) is 13.5. The second-order valence-corrected chi connectivity index (χ2v) is 5.99. The fraction of sp³-hybridized carbons (Fsp3) is 0.278. The Morgan fingerprint density at radius 3 is 2.76 bits per heavy atom. The van der Waals surface area contributed by atoms with Crippen molar-refractivity contribution in [2.75, 3.05) is 13.1 Å². The lowest BCUT2D eigenvalue weighted by molar-refractivity contribution is 0.0583. The van der Waals surface area contributed by atoms with Crippen molar-refractivity contribution in [3.05, 3.63) is 60.3 Å². The van der Waals surface area contributed by atoms with Gasteiger partial charge in [-0.1, -0.05) is 12.1 Å². The number of aromatic nitrogens is 3. The maximum absolute atomic E-state index is 13.7. The molecular weight excluding hydrogens is 323 g/mol. The molecule has 0 spiro atoms. The summed E-state index contributed by atoms with van der Waals surface area (Å²) in [6.07, 6.45) is 4.64. The highest BCUT2D eigenvalue weighted by atomic mass is 19.1. The molecule has 3 aromatic rings. The summed E-state index contributed by atoms with van der Waals surface area (Å²) in [6.45, 7) is 1.11. The van der Waals surface area contributed by atoms with Gasteiger partial charge in [-0.2, -0.15) is 5.10 Å². The normalized spacial score (nSPS) is 15.5. The molecule has 128 valence electrons. The molecular formula is C18H17FN4O2. The van der Waals surface area contributed by atoms with Crippen molar-refractivity contribution in [3.8, 4) is 5.75 Å². The van der Waals surface area contributed by atoms with E-state index in [9.17, 15) is 9.18 Å². The van der Waals surface area contributed by atoms with Crippen molar-refractivity contribution in [2.24, 2.45) is 0 Å². The molecule has 7 heteroatoms. The smallest absolute Gasteiger partial charge is 0.274 e. The summed E-state index contributed by atoms with van der Waals surface area (Å²) in [5, 5.41) is 4.27. The zero-order chi connectivity index (χ0) is 17.2. The van der Waals surface area contributed by atoms with E-state index < -0.39 is 0 Å². The Bertz CT molecular complexity index is 870. The van der Waals surface area contributed by atoms with Crippen molar-refractivity contribution in [2.45, 2.75) is 18.9 Å². The van der Waals surface area contributed by atoms with Gasteiger partial charge in [-0.05, 0) is 18.2 Å². The van der Waals surface area contributed by atoms with Gasteiger partial charge in [0.15, 0.2) is 22.9 Å². The molecule has 0 unspecified atom stereocenters. The average molecular weight is 340 g/mol. The molecule has 1 aliphatic heterocycles. The van der Waals surface area contributed by atoms with Gasteiger partial charge in [0.25, 0.3) is 5.91 Å². The van der Waals surface area contributed by atoms with Gasteiger partial charge in [0.1, 0.15) is 6.10 Å². The van der Waals surface area contributed by atoms with Crippen LogP contribution in [0.1, 0.15) is 23.3 Å². The predicted molar refractivity (Wildman–Crippen MR) is 88.9 cm³/mol. The number of para-hydroxylation sites is 1. The first-order valence-corrected chi connectivity index (χ1v) is 8.21. The highest BCUT2D eigenvalue weighted by molar-refractivity contribution is 5.93. The number of benzene rings is 1. The Balaban J connectivity index is 1.39. The number of hydrogen-bond donors (Lipinski definition) is 0. The zero-order valence-electron chi connectivity index (χ0n) is 13.5. The van der Waals surface area contributed by atoms with E-state index >= 15 is 0 Å². The Morgan fingerprint density at radius 2 is 2.00 bits per heavy atom. The number of piperidine rings is 1. The summed E-state index contributed by atoms with van der Waals surface area (Å²) in [6, 6.07) is 9.83. The van der Waals surface area contributed by atoms with Gasteiger partial charge < -0.3 is 9.64 Å². The highest BCUT2D eigenvalue weighted by Gasteiger charge is 2.26. The molecule has 1 amide bonds. The summed E-state index contributed by atoms with van der Waals surface area (Å²) in [7, 11) is 0. The van der Waals surface area contributed by atoms with Crippen LogP contribution in [0.15, 0.2) is 48.8 Å². The second-order valence-electron chi connectivity index (χ2n) is 5.99. The summed E-state index contributed by atoms with van der Waals surface area (Å²) in [5.41, 5.74) is 1.02. The van der Waals surface area contributed by atoms with Crippen LogP contribution in [0, 0.1) is 5.82 Å². The van der Waals surface area contributed by atoms with Crippen LogP contribution < -0.4 is 4.74 Å². The summed E-state index contributed by atoms with van der Waals surface area (Å²) >= 11 is 0. The Hall–Kier alpha value is -2.96. The molecule has 0 N–H and O–H groups in total. The molecule has 0 radical (unpaired) electrons. The van der Waals surface area contributed by atoms with Crippen molar-refractivity contribution >= 4 is 11.6 Å². The van der Waals surface area contributed by atoms with Gasteiger partial charge in [0.2, 0.25) is 0 Å². The molecule has 25 heavy (non-hydrogen) atoms. The third-order valence-corrected chi connectivity index (χ3v) is 4.31. The Morgan fingerprint density at radius 1 is 1.20 bits per heavy atom. The lowest BCUT2D eigenvalue weighted by Gasteiger charge is -2.31. The number of nitrogens with zero attached hydrogens (tertiary/aromatic N) is 4. The number of ether oxygens (including phenoxy) is 1. The van der Waals surface area contributed by atoms with Crippen LogP contribution >= 0.6 is 0 Å². The largest absolute Gasteiger partial charge is 0.487 e. The van der Waals surface area contributed by atoms with Crippen LogP contribution in [0.25, 0.3) is 5.65 Å². The van der Waals surface area contributed by atoms with Gasteiger partial charge in [0, 0.05) is 44.4 Å². The van der Waals surface area contributed by atoms with Gasteiger partial charge >= 0.3 is 0 Å². The van der Waals surface area contributed by atoms with Crippen molar-refractivity contribution in [1.82, 2.24) is 19.5 Å². The van der Waals surface area contributed by atoms with Crippen LogP contribution in [0.4, 0.5) is 4.39 Å². The third kappa shape index (κ3) is 3.17. The molecule has 3 heterocycles. The molecule has 1 saturated heterocycles. The van der Waals surface area contributed by atoms with Crippen LogP contribution in [-0.4, -0.2) is 44.6 Å². The molecule has 1 fully saturated rings. The molecule has 2 aromatic heterocycles. The van der Waals surface area contributed by atoms with E-state index in [0.717, 1.165) is 0 Å². The fourth-order valence-electron chi connectivity index (χ4n) is 2.99. The van der Waals surface area contributed by atoms with Gasteiger partial charge in [-0.15, -0.1) is 0 Å². The maximum atomic E-state index is 13.7. The monoisotopic (exact) mass is 340 g/mol. The first-order chi connectivity index (χ1) is 12.2. The van der Waals surface area contributed by atoms with E-state index in [1.807, 2.05) is 0 Å². The number of carbonyl (C=O) groups is 1. The van der Waals surface area contributed by atoms with E-state index in [0.29, 0.717) is 37.3 Å². The topological polar surface area (TPSA) is 59.7 Å². The lowest BCUT2D eigenvalue weighted by atomic mass is 10.1. The van der Waals surface area contributed by atoms with E-state index in [-0.39, 0.29) is 23.6 Å². The fourth-order valence-corrected chi connectivity index (χ4v) is 2.99. The number of fused-ring (bicyclic) bond motifs is 1. The second kappa shape index (κ2) is 6.51. The Labute approximate surface area is 143 Å². The van der Waals surface area contributed by atoms with E-state index in [1.54, 1.807) is 52.1 Å². The van der Waals surface area contributed by atoms with Gasteiger partial charge in [0.05, 0.1) is 0 Å².